The van der Waals surface area contributed by atoms with E-state index in [1.165, 1.54) is 12.4 Å². The monoisotopic (exact) mass is 270 g/mol. The van der Waals surface area contributed by atoms with Gasteiger partial charge in [0, 0.05) is 17.3 Å². The zero-order chi connectivity index (χ0) is 14.2. The van der Waals surface area contributed by atoms with Crippen molar-refractivity contribution in [1.29, 1.82) is 0 Å². The summed E-state index contributed by atoms with van der Waals surface area (Å²) in [7, 11) is 0. The largest absolute Gasteiger partial charge is 0.416 e. The molecular weight excluding hydrogens is 260 g/mol. The summed E-state index contributed by atoms with van der Waals surface area (Å²) >= 11 is 0. The van der Waals surface area contributed by atoms with Crippen molar-refractivity contribution in [2.75, 3.05) is 5.73 Å². The van der Waals surface area contributed by atoms with Gasteiger partial charge in [-0.3, -0.25) is 4.98 Å². The van der Waals surface area contributed by atoms with Crippen molar-refractivity contribution in [3.05, 3.63) is 47.5 Å². The van der Waals surface area contributed by atoms with Crippen LogP contribution in [0.1, 0.15) is 11.1 Å². The maximum absolute atomic E-state index is 13.7. The van der Waals surface area contributed by atoms with Crippen LogP contribution >= 0.6 is 0 Å². The second kappa shape index (κ2) is 4.53. The Morgan fingerprint density at radius 3 is 2.42 bits per heavy atom. The number of nitrogens with zero attached hydrogens (tertiary/aromatic N) is 1. The molecule has 19 heavy (non-hydrogen) atoms. The predicted octanol–water partition coefficient (Wildman–Crippen LogP) is 3.80. The van der Waals surface area contributed by atoms with Crippen molar-refractivity contribution in [3.8, 4) is 11.1 Å². The van der Waals surface area contributed by atoms with Crippen LogP contribution in [-0.4, -0.2) is 4.98 Å². The number of rotatable bonds is 1. The molecule has 0 fully saturated rings. The van der Waals surface area contributed by atoms with Crippen LogP contribution in [0.3, 0.4) is 0 Å². The molecule has 100 valence electrons. The number of hydrogen-bond acceptors (Lipinski definition) is 2. The predicted molar refractivity (Wildman–Crippen MR) is 63.8 cm³/mol. The molecule has 0 saturated heterocycles. The second-order valence-corrected chi connectivity index (χ2v) is 4.09. The first kappa shape index (κ1) is 13.3. The van der Waals surface area contributed by atoms with E-state index < -0.39 is 17.6 Å². The molecule has 0 aliphatic heterocycles. The first-order valence-corrected chi connectivity index (χ1v) is 5.38. The fraction of sp³-hybridized carbons (Fsp3) is 0.154. The molecule has 2 nitrogen and oxygen atoms in total. The molecule has 0 atom stereocenters. The molecule has 0 aliphatic rings. The van der Waals surface area contributed by atoms with Crippen LogP contribution in [0.5, 0.6) is 0 Å². The Bertz CT molecular complexity index is 621. The lowest BCUT2D eigenvalue weighted by Crippen LogP contribution is -2.06. The Kier molecular flexibility index (Phi) is 3.18. The minimum Gasteiger partial charge on any atom is -0.397 e. The molecule has 0 unspecified atom stereocenters. The number of halogens is 4. The molecule has 0 saturated carbocycles. The summed E-state index contributed by atoms with van der Waals surface area (Å²) in [5.74, 6) is -0.747. The normalized spacial score (nSPS) is 11.6. The van der Waals surface area contributed by atoms with Gasteiger partial charge in [0.25, 0.3) is 0 Å². The van der Waals surface area contributed by atoms with Crippen LogP contribution < -0.4 is 5.73 Å². The zero-order valence-corrected chi connectivity index (χ0v) is 9.92. The van der Waals surface area contributed by atoms with Gasteiger partial charge >= 0.3 is 6.18 Å². The standard InChI is InChI=1S/C13H10F4N2/c1-7-10(5-19-6-12(7)18)9-4-8(13(15,16)17)2-3-11(9)14/h2-6H,18H2,1H3. The number of anilines is 1. The highest BCUT2D eigenvalue weighted by Crippen LogP contribution is 2.35. The Morgan fingerprint density at radius 1 is 1.11 bits per heavy atom. The molecule has 0 amide bonds. The first-order valence-electron chi connectivity index (χ1n) is 5.38. The second-order valence-electron chi connectivity index (χ2n) is 4.09. The van der Waals surface area contributed by atoms with Gasteiger partial charge < -0.3 is 5.73 Å². The van der Waals surface area contributed by atoms with Gasteiger partial charge in [0.15, 0.2) is 0 Å². The van der Waals surface area contributed by atoms with Gasteiger partial charge in [-0.15, -0.1) is 0 Å². The highest BCUT2D eigenvalue weighted by atomic mass is 19.4. The average molecular weight is 270 g/mol. The van der Waals surface area contributed by atoms with Crippen LogP contribution in [-0.2, 0) is 6.18 Å². The van der Waals surface area contributed by atoms with Gasteiger partial charge in [-0.05, 0) is 30.7 Å². The van der Waals surface area contributed by atoms with Crippen molar-refractivity contribution < 1.29 is 17.6 Å². The maximum atomic E-state index is 13.7. The van der Waals surface area contributed by atoms with Crippen LogP contribution in [0, 0.1) is 12.7 Å². The third-order valence-electron chi connectivity index (χ3n) is 2.84. The lowest BCUT2D eigenvalue weighted by molar-refractivity contribution is -0.137. The number of benzene rings is 1. The summed E-state index contributed by atoms with van der Waals surface area (Å²) in [5, 5.41) is 0. The molecule has 1 aromatic carbocycles. The van der Waals surface area contributed by atoms with Crippen molar-refractivity contribution in [2.45, 2.75) is 13.1 Å². The molecule has 1 aromatic heterocycles. The van der Waals surface area contributed by atoms with E-state index in [0.717, 1.165) is 12.1 Å². The van der Waals surface area contributed by atoms with E-state index in [4.69, 9.17) is 5.73 Å². The van der Waals surface area contributed by atoms with E-state index >= 15 is 0 Å². The SMILES string of the molecule is Cc1c(N)cncc1-c1cc(C(F)(F)F)ccc1F. The molecule has 0 spiro atoms. The third-order valence-corrected chi connectivity index (χ3v) is 2.84. The fourth-order valence-electron chi connectivity index (χ4n) is 1.72. The van der Waals surface area contributed by atoms with E-state index in [1.807, 2.05) is 0 Å². The Morgan fingerprint density at radius 2 is 1.79 bits per heavy atom. The van der Waals surface area contributed by atoms with Gasteiger partial charge in [0.2, 0.25) is 0 Å². The Balaban J connectivity index is 2.65. The van der Waals surface area contributed by atoms with Crippen LogP contribution in [0.15, 0.2) is 30.6 Å². The number of pyridine rings is 1. The average Bonchev–Trinajstić information content (AvgIpc) is 2.32. The zero-order valence-electron chi connectivity index (χ0n) is 9.92. The van der Waals surface area contributed by atoms with E-state index in [1.54, 1.807) is 6.92 Å². The summed E-state index contributed by atoms with van der Waals surface area (Å²) in [4.78, 5) is 3.78. The Labute approximate surface area is 106 Å². The Hall–Kier alpha value is -2.11. The molecule has 2 aromatic rings. The number of hydrogen-bond donors (Lipinski definition) is 1. The highest BCUT2D eigenvalue weighted by Gasteiger charge is 2.31. The summed E-state index contributed by atoms with van der Waals surface area (Å²) in [6.07, 6.45) is -1.86. The van der Waals surface area contributed by atoms with Crippen molar-refractivity contribution in [1.82, 2.24) is 4.98 Å². The first-order chi connectivity index (χ1) is 8.80. The summed E-state index contributed by atoms with van der Waals surface area (Å²) in [5.41, 5.74) is 5.60. The van der Waals surface area contributed by atoms with Crippen molar-refractivity contribution in [3.63, 3.8) is 0 Å². The molecule has 1 heterocycles. The van der Waals surface area contributed by atoms with E-state index in [2.05, 4.69) is 4.98 Å². The van der Waals surface area contributed by atoms with Gasteiger partial charge in [-0.25, -0.2) is 4.39 Å². The summed E-state index contributed by atoms with van der Waals surface area (Å²) in [6, 6.07) is 2.26. The van der Waals surface area contributed by atoms with Crippen LogP contribution in [0.2, 0.25) is 0 Å². The molecular formula is C13H10F4N2. The fourth-order valence-corrected chi connectivity index (χ4v) is 1.72. The number of nitrogens with two attached hydrogens (primary N) is 1. The molecule has 2 rings (SSSR count). The maximum Gasteiger partial charge on any atom is 0.416 e. The topological polar surface area (TPSA) is 38.9 Å². The molecule has 2 N–H and O–H groups in total. The van der Waals surface area contributed by atoms with Crippen LogP contribution in [0.25, 0.3) is 11.1 Å². The van der Waals surface area contributed by atoms with Crippen molar-refractivity contribution >= 4 is 5.69 Å². The molecule has 0 radical (unpaired) electrons. The lowest BCUT2D eigenvalue weighted by atomic mass is 9.99. The van der Waals surface area contributed by atoms with E-state index in [0.29, 0.717) is 17.3 Å². The van der Waals surface area contributed by atoms with Gasteiger partial charge in [0.05, 0.1) is 17.4 Å². The van der Waals surface area contributed by atoms with Gasteiger partial charge in [0.1, 0.15) is 5.82 Å². The molecule has 0 aliphatic carbocycles. The highest BCUT2D eigenvalue weighted by molar-refractivity contribution is 5.72. The van der Waals surface area contributed by atoms with Gasteiger partial charge in [-0.2, -0.15) is 13.2 Å². The summed E-state index contributed by atoms with van der Waals surface area (Å²) < 4.78 is 51.6. The molecule has 6 heteroatoms. The number of aromatic nitrogens is 1. The number of alkyl halides is 3. The summed E-state index contributed by atoms with van der Waals surface area (Å²) in [6.45, 7) is 1.60. The number of nitrogen functional groups attached to an aromatic ring is 1. The minimum absolute atomic E-state index is 0.160. The van der Waals surface area contributed by atoms with E-state index in [-0.39, 0.29) is 11.1 Å². The van der Waals surface area contributed by atoms with Crippen molar-refractivity contribution in [2.24, 2.45) is 0 Å². The quantitative estimate of drug-likeness (QED) is 0.800. The van der Waals surface area contributed by atoms with Crippen LogP contribution in [0.4, 0.5) is 23.2 Å². The molecule has 0 bridgehead atoms. The smallest absolute Gasteiger partial charge is 0.397 e. The third kappa shape index (κ3) is 2.52. The van der Waals surface area contributed by atoms with Gasteiger partial charge in [-0.1, -0.05) is 0 Å². The minimum atomic E-state index is -4.52. The lowest BCUT2D eigenvalue weighted by Gasteiger charge is -2.12. The van der Waals surface area contributed by atoms with E-state index in [9.17, 15) is 17.6 Å².